The highest BCUT2D eigenvalue weighted by atomic mass is 32.2. The molecule has 4 N–H and O–H groups in total. The Kier molecular flexibility index (Phi) is 5.81. The highest BCUT2D eigenvalue weighted by Gasteiger charge is 2.70. The van der Waals surface area contributed by atoms with Crippen LogP contribution in [0.1, 0.15) is 46.2 Å². The zero-order valence-corrected chi connectivity index (χ0v) is 18.8. The predicted octanol–water partition coefficient (Wildman–Crippen LogP) is 1.55. The van der Waals surface area contributed by atoms with E-state index in [4.69, 9.17) is 5.73 Å². The van der Waals surface area contributed by atoms with E-state index in [1.165, 1.54) is 16.7 Å². The highest BCUT2D eigenvalue weighted by Crippen LogP contribution is 2.54. The van der Waals surface area contributed by atoms with Crippen LogP contribution >= 0.6 is 11.8 Å². The number of amides is 2. The molecule has 2 fully saturated rings. The van der Waals surface area contributed by atoms with Gasteiger partial charge in [-0.3, -0.25) is 9.59 Å². The lowest BCUT2D eigenvalue weighted by atomic mass is 9.85. The lowest BCUT2D eigenvalue weighted by Gasteiger charge is -2.51. The number of nitrogens with two attached hydrogens (primary N) is 1. The summed E-state index contributed by atoms with van der Waals surface area (Å²) in [6.45, 7) is 11.2. The lowest BCUT2D eigenvalue weighted by Crippen LogP contribution is -2.78. The zero-order chi connectivity index (χ0) is 22.4. The minimum absolute atomic E-state index is 0.393. The first kappa shape index (κ1) is 22.4. The Morgan fingerprint density at radius 2 is 1.80 bits per heavy atom. The van der Waals surface area contributed by atoms with Gasteiger partial charge in [0.1, 0.15) is 23.0 Å². The third-order valence-electron chi connectivity index (χ3n) is 6.06. The Balaban J connectivity index is 1.73. The number of thioether (sulfide) groups is 1. The van der Waals surface area contributed by atoms with Gasteiger partial charge in [-0.1, -0.05) is 12.1 Å². The molecular weight excluding hydrogens is 404 g/mol. The summed E-state index contributed by atoms with van der Waals surface area (Å²) >= 11 is 1.39. The van der Waals surface area contributed by atoms with Gasteiger partial charge in [-0.25, -0.2) is 4.79 Å². The number of anilines is 1. The second kappa shape index (κ2) is 7.77. The molecule has 0 aliphatic carbocycles. The van der Waals surface area contributed by atoms with Crippen molar-refractivity contribution in [1.29, 1.82) is 0 Å². The van der Waals surface area contributed by atoms with E-state index in [1.54, 1.807) is 20.8 Å². The van der Waals surface area contributed by atoms with Crippen molar-refractivity contribution in [3.8, 4) is 0 Å². The molecule has 9 heteroatoms. The molecule has 0 aromatic heterocycles. The molecule has 8 nitrogen and oxygen atoms in total. The molecular formula is C21H30N4O4S. The molecule has 2 saturated heterocycles. The van der Waals surface area contributed by atoms with Gasteiger partial charge in [-0.05, 0) is 52.3 Å². The molecule has 0 bridgehead atoms. The van der Waals surface area contributed by atoms with Crippen LogP contribution in [0.15, 0.2) is 24.3 Å². The number of hydrogen-bond donors (Lipinski definition) is 3. The molecule has 1 aromatic carbocycles. The van der Waals surface area contributed by atoms with Crippen LogP contribution in [0, 0.1) is 0 Å². The number of carboxylic acids is 1. The zero-order valence-electron chi connectivity index (χ0n) is 18.0. The number of rotatable bonds is 7. The van der Waals surface area contributed by atoms with E-state index in [0.717, 1.165) is 18.8 Å². The van der Waals surface area contributed by atoms with Crippen molar-refractivity contribution >= 4 is 35.2 Å². The number of β-lactam (4-membered cyclic amide) rings is 1. The molecule has 3 rings (SSSR count). The number of aliphatic carboxylic acids is 1. The van der Waals surface area contributed by atoms with Crippen molar-refractivity contribution in [2.75, 3.05) is 18.0 Å². The summed E-state index contributed by atoms with van der Waals surface area (Å²) < 4.78 is -0.656. The third-order valence-corrected chi connectivity index (χ3v) is 7.81. The molecule has 0 saturated carbocycles. The summed E-state index contributed by atoms with van der Waals surface area (Å²) in [5, 5.41) is 11.9. The van der Waals surface area contributed by atoms with Crippen LogP contribution in [-0.4, -0.2) is 62.6 Å². The fourth-order valence-electron chi connectivity index (χ4n) is 4.30. The molecule has 2 aliphatic rings. The topological polar surface area (TPSA) is 116 Å². The van der Waals surface area contributed by atoms with E-state index in [2.05, 4.69) is 24.1 Å². The first-order chi connectivity index (χ1) is 14.0. The summed E-state index contributed by atoms with van der Waals surface area (Å²) in [5.74, 6) is -1.89. The molecule has 0 spiro atoms. The van der Waals surface area contributed by atoms with Crippen LogP contribution in [0.5, 0.6) is 0 Å². The summed E-state index contributed by atoms with van der Waals surface area (Å²) in [5.41, 5.74) is 6.70. The van der Waals surface area contributed by atoms with E-state index in [0.29, 0.717) is 5.56 Å². The van der Waals surface area contributed by atoms with Crippen LogP contribution in [0.2, 0.25) is 0 Å². The number of carboxylic acid groups (broad SMARTS) is 1. The van der Waals surface area contributed by atoms with Gasteiger partial charge in [-0.15, -0.1) is 11.8 Å². The molecule has 2 unspecified atom stereocenters. The first-order valence-corrected chi connectivity index (χ1v) is 11.0. The maximum Gasteiger partial charge on any atom is 0.327 e. The van der Waals surface area contributed by atoms with Crippen LogP contribution in [-0.2, 0) is 14.4 Å². The molecule has 164 valence electrons. The monoisotopic (exact) mass is 434 g/mol. The second-order valence-electron chi connectivity index (χ2n) is 8.46. The Morgan fingerprint density at radius 1 is 1.23 bits per heavy atom. The lowest BCUT2D eigenvalue weighted by molar-refractivity contribution is -0.168. The Labute approximate surface area is 181 Å². The van der Waals surface area contributed by atoms with E-state index >= 15 is 0 Å². The first-order valence-electron chi connectivity index (χ1n) is 10.1. The van der Waals surface area contributed by atoms with Gasteiger partial charge in [0.05, 0.1) is 0 Å². The van der Waals surface area contributed by atoms with Crippen LogP contribution in [0.4, 0.5) is 5.69 Å². The van der Waals surface area contributed by atoms with Crippen molar-refractivity contribution in [3.05, 3.63) is 29.8 Å². The van der Waals surface area contributed by atoms with Crippen molar-refractivity contribution in [2.45, 2.75) is 62.4 Å². The number of nitrogens with one attached hydrogen (secondary N) is 1. The summed E-state index contributed by atoms with van der Waals surface area (Å²) in [7, 11) is 0. The van der Waals surface area contributed by atoms with Crippen molar-refractivity contribution in [1.82, 2.24) is 10.2 Å². The number of fused-ring (bicyclic) bond motifs is 1. The smallest absolute Gasteiger partial charge is 0.327 e. The Morgan fingerprint density at radius 3 is 2.30 bits per heavy atom. The SMILES string of the molecule is CCN(CC)c1ccc(C(N)C(=O)NC2(C)C(=O)N3[C@@H](C(=O)O)C(C)(C)S[C@@H]32)cc1. The largest absolute Gasteiger partial charge is 0.480 e. The average molecular weight is 435 g/mol. The van der Waals surface area contributed by atoms with Crippen LogP contribution < -0.4 is 16.0 Å². The number of carbonyl (C=O) groups is 3. The number of carbonyl (C=O) groups excluding carboxylic acids is 2. The van der Waals surface area contributed by atoms with E-state index in [9.17, 15) is 19.5 Å². The fourth-order valence-corrected chi connectivity index (χ4v) is 5.95. The van der Waals surface area contributed by atoms with Gasteiger partial charge < -0.3 is 26.0 Å². The fraction of sp³-hybridized carbons (Fsp3) is 0.571. The van der Waals surface area contributed by atoms with E-state index in [1.807, 2.05) is 24.3 Å². The minimum Gasteiger partial charge on any atom is -0.480 e. The molecule has 2 amide bonds. The van der Waals surface area contributed by atoms with Gasteiger partial charge in [0.2, 0.25) is 5.91 Å². The van der Waals surface area contributed by atoms with Gasteiger partial charge >= 0.3 is 5.97 Å². The standard InChI is InChI=1S/C21H30N4O4S/c1-6-24(7-2)13-10-8-12(9-11-13)14(22)16(26)23-21(5)18(29)25-15(17(27)28)20(3,4)30-19(21)25/h8-11,14-15,19H,6-7,22H2,1-5H3,(H,23,26)(H,27,28)/t14?,15-,19+,21?/m0/s1. The summed E-state index contributed by atoms with van der Waals surface area (Å²) in [6.07, 6.45) is 0. The normalized spacial score (nSPS) is 27.8. The average Bonchev–Trinajstić information content (AvgIpc) is 2.98. The molecule has 30 heavy (non-hydrogen) atoms. The van der Waals surface area contributed by atoms with Crippen LogP contribution in [0.3, 0.4) is 0 Å². The number of hydrogen-bond acceptors (Lipinski definition) is 6. The maximum absolute atomic E-state index is 12.9. The van der Waals surface area contributed by atoms with Gasteiger partial charge in [-0.2, -0.15) is 0 Å². The molecule has 0 radical (unpaired) electrons. The van der Waals surface area contributed by atoms with Gasteiger partial charge in [0.25, 0.3) is 5.91 Å². The molecule has 1 aromatic rings. The molecule has 2 aliphatic heterocycles. The quantitative estimate of drug-likeness (QED) is 0.558. The maximum atomic E-state index is 12.9. The van der Waals surface area contributed by atoms with Crippen molar-refractivity contribution in [2.24, 2.45) is 5.73 Å². The number of nitrogens with zero attached hydrogens (tertiary/aromatic N) is 2. The Bertz CT molecular complexity index is 855. The summed E-state index contributed by atoms with van der Waals surface area (Å²) in [6, 6.07) is 5.65. The Hall–Kier alpha value is -2.26. The predicted molar refractivity (Wildman–Crippen MR) is 117 cm³/mol. The van der Waals surface area contributed by atoms with E-state index < -0.39 is 45.5 Å². The van der Waals surface area contributed by atoms with Gasteiger partial charge in [0, 0.05) is 23.5 Å². The van der Waals surface area contributed by atoms with Crippen molar-refractivity contribution in [3.63, 3.8) is 0 Å². The van der Waals surface area contributed by atoms with Crippen LogP contribution in [0.25, 0.3) is 0 Å². The molecule has 4 atom stereocenters. The number of benzene rings is 1. The second-order valence-corrected chi connectivity index (χ2v) is 10.2. The van der Waals surface area contributed by atoms with Gasteiger partial charge in [0.15, 0.2) is 0 Å². The van der Waals surface area contributed by atoms with Crippen molar-refractivity contribution < 1.29 is 19.5 Å². The van der Waals surface area contributed by atoms with E-state index in [-0.39, 0.29) is 0 Å². The highest BCUT2D eigenvalue weighted by molar-refractivity contribution is 8.01. The summed E-state index contributed by atoms with van der Waals surface area (Å²) in [4.78, 5) is 40.9. The third kappa shape index (κ3) is 3.43. The molecule has 2 heterocycles. The minimum atomic E-state index is -1.18.